The summed E-state index contributed by atoms with van der Waals surface area (Å²) in [5, 5.41) is 9.10. The normalized spacial score (nSPS) is 21.9. The molecule has 2 aliphatic rings. The predicted molar refractivity (Wildman–Crippen MR) is 105 cm³/mol. The molecule has 0 radical (unpaired) electrons. The Morgan fingerprint density at radius 2 is 2.14 bits per heavy atom. The molecule has 2 amide bonds. The number of nitrogens with zero attached hydrogens (tertiary/aromatic N) is 4. The van der Waals surface area contributed by atoms with Crippen molar-refractivity contribution >= 4 is 29.1 Å². The third-order valence-electron chi connectivity index (χ3n) is 5.21. The number of hydrogen-bond donors (Lipinski definition) is 1. The molecule has 28 heavy (non-hydrogen) atoms. The van der Waals surface area contributed by atoms with Crippen LogP contribution in [-0.2, 0) is 4.79 Å². The Kier molecular flexibility index (Phi) is 4.59. The summed E-state index contributed by atoms with van der Waals surface area (Å²) in [6.45, 7) is 2.57. The number of amides is 2. The van der Waals surface area contributed by atoms with Crippen molar-refractivity contribution in [3.63, 3.8) is 0 Å². The quantitative estimate of drug-likeness (QED) is 0.738. The SMILES string of the molecule is CN(C)CCNC(=O)C1(C)C(=O)n2nc(-c3cccs3)cc2C(=O)N1C1CC1. The van der Waals surface area contributed by atoms with Gasteiger partial charge in [-0.1, -0.05) is 6.07 Å². The number of likely N-dealkylation sites (N-methyl/N-ethyl adjacent to an activating group) is 1. The van der Waals surface area contributed by atoms with Crippen molar-refractivity contribution < 1.29 is 14.4 Å². The van der Waals surface area contributed by atoms with E-state index in [2.05, 4.69) is 10.4 Å². The molecule has 0 spiro atoms. The lowest BCUT2D eigenvalue weighted by Crippen LogP contribution is -2.68. The van der Waals surface area contributed by atoms with E-state index in [1.54, 1.807) is 6.07 Å². The van der Waals surface area contributed by atoms with Gasteiger partial charge in [-0.2, -0.15) is 9.78 Å². The van der Waals surface area contributed by atoms with Gasteiger partial charge in [-0.15, -0.1) is 11.3 Å². The number of aromatic nitrogens is 2. The highest BCUT2D eigenvalue weighted by molar-refractivity contribution is 7.13. The smallest absolute Gasteiger partial charge is 0.283 e. The molecule has 4 rings (SSSR count). The zero-order valence-electron chi connectivity index (χ0n) is 16.1. The molecule has 1 aliphatic carbocycles. The summed E-state index contributed by atoms with van der Waals surface area (Å²) in [6.07, 6.45) is 1.59. The third kappa shape index (κ3) is 2.94. The molecule has 9 heteroatoms. The van der Waals surface area contributed by atoms with E-state index >= 15 is 0 Å². The first-order valence-corrected chi connectivity index (χ1v) is 10.2. The van der Waals surface area contributed by atoms with E-state index in [1.165, 1.54) is 23.2 Å². The summed E-state index contributed by atoms with van der Waals surface area (Å²) in [4.78, 5) is 44.0. The lowest BCUT2D eigenvalue weighted by atomic mass is 9.93. The Hall–Kier alpha value is -2.52. The highest BCUT2D eigenvalue weighted by Crippen LogP contribution is 2.39. The summed E-state index contributed by atoms with van der Waals surface area (Å²) in [5.41, 5.74) is -0.811. The van der Waals surface area contributed by atoms with E-state index in [-0.39, 0.29) is 17.6 Å². The van der Waals surface area contributed by atoms with Crippen LogP contribution in [0.25, 0.3) is 10.6 Å². The molecule has 2 aromatic rings. The van der Waals surface area contributed by atoms with Crippen LogP contribution >= 0.6 is 11.3 Å². The topological polar surface area (TPSA) is 87.5 Å². The lowest BCUT2D eigenvalue weighted by molar-refractivity contribution is -0.129. The van der Waals surface area contributed by atoms with E-state index in [4.69, 9.17) is 0 Å². The minimum Gasteiger partial charge on any atom is -0.352 e. The van der Waals surface area contributed by atoms with Crippen LogP contribution in [0.4, 0.5) is 0 Å². The Bertz CT molecular complexity index is 932. The maximum atomic E-state index is 13.4. The first-order chi connectivity index (χ1) is 13.3. The molecule has 1 atom stereocenters. The number of thiophene rings is 1. The van der Waals surface area contributed by atoms with Crippen LogP contribution < -0.4 is 5.32 Å². The Labute approximate surface area is 167 Å². The highest BCUT2D eigenvalue weighted by atomic mass is 32.1. The van der Waals surface area contributed by atoms with Gasteiger partial charge in [-0.3, -0.25) is 14.4 Å². The van der Waals surface area contributed by atoms with Crippen LogP contribution in [-0.4, -0.2) is 76.1 Å². The van der Waals surface area contributed by atoms with E-state index in [9.17, 15) is 14.4 Å². The summed E-state index contributed by atoms with van der Waals surface area (Å²) < 4.78 is 1.11. The van der Waals surface area contributed by atoms with Gasteiger partial charge < -0.3 is 15.1 Å². The van der Waals surface area contributed by atoms with Gasteiger partial charge in [0.1, 0.15) is 11.4 Å². The Morgan fingerprint density at radius 3 is 2.75 bits per heavy atom. The van der Waals surface area contributed by atoms with Crippen LogP contribution in [0.2, 0.25) is 0 Å². The fourth-order valence-corrected chi connectivity index (χ4v) is 4.19. The number of carbonyl (C=O) groups is 3. The molecule has 1 unspecified atom stereocenters. The van der Waals surface area contributed by atoms with Gasteiger partial charge in [0.05, 0.1) is 4.88 Å². The molecule has 0 bridgehead atoms. The molecular weight excluding hydrogens is 378 g/mol. The lowest BCUT2D eigenvalue weighted by Gasteiger charge is -2.41. The van der Waals surface area contributed by atoms with Gasteiger partial charge in [0, 0.05) is 19.1 Å². The molecule has 1 fully saturated rings. The van der Waals surface area contributed by atoms with Gasteiger partial charge >= 0.3 is 0 Å². The second-order valence-electron chi connectivity index (χ2n) is 7.65. The second kappa shape index (κ2) is 6.82. The fraction of sp³-hybridized carbons (Fsp3) is 0.474. The molecular formula is C19H23N5O3S. The molecule has 2 aromatic heterocycles. The van der Waals surface area contributed by atoms with E-state index in [1.807, 2.05) is 36.5 Å². The minimum atomic E-state index is -1.60. The van der Waals surface area contributed by atoms with Crippen molar-refractivity contribution in [2.24, 2.45) is 0 Å². The Morgan fingerprint density at radius 1 is 1.39 bits per heavy atom. The number of hydrogen-bond acceptors (Lipinski definition) is 6. The molecule has 3 heterocycles. The van der Waals surface area contributed by atoms with Gasteiger partial charge in [0.15, 0.2) is 0 Å². The van der Waals surface area contributed by atoms with Gasteiger partial charge in [0.25, 0.3) is 17.7 Å². The zero-order valence-corrected chi connectivity index (χ0v) is 17.0. The first kappa shape index (κ1) is 18.8. The van der Waals surface area contributed by atoms with Gasteiger partial charge in [0.2, 0.25) is 5.54 Å². The number of fused-ring (bicyclic) bond motifs is 1. The molecule has 8 nitrogen and oxygen atoms in total. The van der Waals surface area contributed by atoms with Crippen LogP contribution in [0, 0.1) is 0 Å². The highest BCUT2D eigenvalue weighted by Gasteiger charge is 2.58. The molecule has 1 saturated carbocycles. The number of nitrogens with one attached hydrogen (secondary N) is 1. The van der Waals surface area contributed by atoms with Crippen molar-refractivity contribution in [3.8, 4) is 10.6 Å². The van der Waals surface area contributed by atoms with E-state index < -0.39 is 17.4 Å². The third-order valence-corrected chi connectivity index (χ3v) is 6.10. The van der Waals surface area contributed by atoms with Crippen molar-refractivity contribution in [1.29, 1.82) is 0 Å². The Balaban J connectivity index is 1.72. The maximum Gasteiger partial charge on any atom is 0.283 e. The van der Waals surface area contributed by atoms with Crippen LogP contribution in [0.1, 0.15) is 35.0 Å². The zero-order chi connectivity index (χ0) is 20.1. The summed E-state index contributed by atoms with van der Waals surface area (Å²) in [5.74, 6) is -1.26. The van der Waals surface area contributed by atoms with Crippen molar-refractivity contribution in [2.75, 3.05) is 27.2 Å². The van der Waals surface area contributed by atoms with Crippen LogP contribution in [0.15, 0.2) is 23.6 Å². The van der Waals surface area contributed by atoms with Crippen LogP contribution in [0.5, 0.6) is 0 Å². The van der Waals surface area contributed by atoms with E-state index in [0.717, 1.165) is 22.4 Å². The summed E-state index contributed by atoms with van der Waals surface area (Å²) in [6, 6.07) is 5.33. The average Bonchev–Trinajstić information content (AvgIpc) is 3.15. The van der Waals surface area contributed by atoms with Crippen molar-refractivity contribution in [1.82, 2.24) is 24.9 Å². The van der Waals surface area contributed by atoms with Crippen LogP contribution in [0.3, 0.4) is 0 Å². The molecule has 0 aromatic carbocycles. The van der Waals surface area contributed by atoms with E-state index in [0.29, 0.717) is 18.8 Å². The molecule has 1 N–H and O–H groups in total. The summed E-state index contributed by atoms with van der Waals surface area (Å²) >= 11 is 1.49. The number of rotatable bonds is 6. The monoisotopic (exact) mass is 401 g/mol. The largest absolute Gasteiger partial charge is 0.352 e. The van der Waals surface area contributed by atoms with Crippen molar-refractivity contribution in [3.05, 3.63) is 29.3 Å². The maximum absolute atomic E-state index is 13.4. The molecule has 1 aliphatic heterocycles. The van der Waals surface area contributed by atoms with Gasteiger partial charge in [-0.05, 0) is 51.4 Å². The van der Waals surface area contributed by atoms with Crippen molar-refractivity contribution in [2.45, 2.75) is 31.3 Å². The average molecular weight is 401 g/mol. The van der Waals surface area contributed by atoms with Gasteiger partial charge in [-0.25, -0.2) is 0 Å². The predicted octanol–water partition coefficient (Wildman–Crippen LogP) is 1.31. The first-order valence-electron chi connectivity index (χ1n) is 9.29. The standard InChI is InChI=1S/C19H23N5O3S/c1-19(17(26)20-8-9-22(2)3)18(27)24-14(16(25)23(19)12-6-7-12)11-13(21-24)15-5-4-10-28-15/h4-5,10-12H,6-9H2,1-3H3,(H,20,26). The fourth-order valence-electron chi connectivity index (χ4n) is 3.50. The second-order valence-corrected chi connectivity index (χ2v) is 8.59. The summed E-state index contributed by atoms with van der Waals surface area (Å²) in [7, 11) is 3.81. The number of carbonyl (C=O) groups excluding carboxylic acids is 3. The minimum absolute atomic E-state index is 0.0881. The molecule has 148 valence electrons. The molecule has 0 saturated heterocycles.